The summed E-state index contributed by atoms with van der Waals surface area (Å²) in [6.07, 6.45) is 0. The van der Waals surface area contributed by atoms with E-state index in [1.807, 2.05) is 12.1 Å². The van der Waals surface area contributed by atoms with E-state index in [4.69, 9.17) is 4.74 Å². The van der Waals surface area contributed by atoms with E-state index in [0.29, 0.717) is 12.6 Å². The zero-order valence-electron chi connectivity index (χ0n) is 12.1. The predicted octanol–water partition coefficient (Wildman–Crippen LogP) is 4.90. The average molecular weight is 354 g/mol. The Kier molecular flexibility index (Phi) is 5.64. The van der Waals surface area contributed by atoms with Gasteiger partial charge in [0, 0.05) is 26.8 Å². The first kappa shape index (κ1) is 15.5. The van der Waals surface area contributed by atoms with Crippen molar-refractivity contribution in [2.45, 2.75) is 40.0 Å². The summed E-state index contributed by atoms with van der Waals surface area (Å²) in [6, 6.07) is 10.9. The minimum Gasteiger partial charge on any atom is -0.488 e. The number of rotatable bonds is 6. The number of benzene rings is 1. The molecule has 1 aromatic carbocycles. The fraction of sp³-hybridized carbons (Fsp3) is 0.375. The molecule has 108 valence electrons. The lowest BCUT2D eigenvalue weighted by Crippen LogP contribution is -2.21. The Labute approximate surface area is 133 Å². The van der Waals surface area contributed by atoms with Crippen molar-refractivity contribution < 1.29 is 4.74 Å². The summed E-state index contributed by atoms with van der Waals surface area (Å²) in [4.78, 5) is 2.60. The molecule has 0 aliphatic heterocycles. The molecule has 20 heavy (non-hydrogen) atoms. The van der Waals surface area contributed by atoms with Crippen LogP contribution in [-0.4, -0.2) is 6.04 Å². The molecule has 0 atom stereocenters. The highest BCUT2D eigenvalue weighted by Gasteiger charge is 2.04. The molecule has 0 aliphatic rings. The van der Waals surface area contributed by atoms with Crippen molar-refractivity contribution in [1.82, 2.24) is 5.32 Å². The van der Waals surface area contributed by atoms with E-state index in [9.17, 15) is 0 Å². The fourth-order valence-electron chi connectivity index (χ4n) is 1.78. The molecule has 1 aromatic heterocycles. The standard InChI is InChI=1S/C16H20BrNOS/c1-11(2)18-9-14-6-7-15(20-14)10-19-16-8-13(17)5-4-12(16)3/h4-8,11,18H,9-10H2,1-3H3. The van der Waals surface area contributed by atoms with E-state index in [1.54, 1.807) is 11.3 Å². The van der Waals surface area contributed by atoms with Crippen LogP contribution in [0.2, 0.25) is 0 Å². The van der Waals surface area contributed by atoms with Crippen molar-refractivity contribution in [1.29, 1.82) is 0 Å². The SMILES string of the molecule is Cc1ccc(Br)cc1OCc1ccc(CNC(C)C)s1. The Morgan fingerprint density at radius 3 is 2.70 bits per heavy atom. The molecule has 1 heterocycles. The Bertz CT molecular complexity index is 565. The first-order chi connectivity index (χ1) is 9.54. The lowest BCUT2D eigenvalue weighted by atomic mass is 10.2. The first-order valence-electron chi connectivity index (χ1n) is 6.74. The van der Waals surface area contributed by atoms with Gasteiger partial charge in [0.05, 0.1) is 0 Å². The van der Waals surface area contributed by atoms with Crippen LogP contribution in [0.15, 0.2) is 34.8 Å². The van der Waals surface area contributed by atoms with Crippen molar-refractivity contribution in [3.05, 3.63) is 50.1 Å². The summed E-state index contributed by atoms with van der Waals surface area (Å²) in [5.74, 6) is 0.939. The van der Waals surface area contributed by atoms with Crippen LogP contribution in [0, 0.1) is 6.92 Å². The Morgan fingerprint density at radius 2 is 1.95 bits per heavy atom. The molecule has 0 fully saturated rings. The highest BCUT2D eigenvalue weighted by Crippen LogP contribution is 2.25. The molecule has 0 unspecified atom stereocenters. The number of hydrogen-bond donors (Lipinski definition) is 1. The molecule has 0 saturated heterocycles. The summed E-state index contributed by atoms with van der Waals surface area (Å²) < 4.78 is 6.95. The van der Waals surface area contributed by atoms with Crippen molar-refractivity contribution in [3.8, 4) is 5.75 Å². The molecule has 4 heteroatoms. The maximum atomic E-state index is 5.90. The normalized spacial score (nSPS) is 11.1. The minimum atomic E-state index is 0.515. The zero-order chi connectivity index (χ0) is 14.5. The van der Waals surface area contributed by atoms with Gasteiger partial charge in [0.2, 0.25) is 0 Å². The summed E-state index contributed by atoms with van der Waals surface area (Å²) in [7, 11) is 0. The quantitative estimate of drug-likeness (QED) is 0.797. The molecule has 0 spiro atoms. The highest BCUT2D eigenvalue weighted by atomic mass is 79.9. The van der Waals surface area contributed by atoms with Gasteiger partial charge in [0.15, 0.2) is 0 Å². The van der Waals surface area contributed by atoms with Gasteiger partial charge in [-0.05, 0) is 36.8 Å². The zero-order valence-corrected chi connectivity index (χ0v) is 14.5. The van der Waals surface area contributed by atoms with Gasteiger partial charge in [-0.25, -0.2) is 0 Å². The van der Waals surface area contributed by atoms with E-state index in [-0.39, 0.29) is 0 Å². The van der Waals surface area contributed by atoms with Crippen molar-refractivity contribution in [2.75, 3.05) is 0 Å². The minimum absolute atomic E-state index is 0.515. The molecular formula is C16H20BrNOS. The second-order valence-electron chi connectivity index (χ2n) is 5.10. The first-order valence-corrected chi connectivity index (χ1v) is 8.35. The van der Waals surface area contributed by atoms with E-state index < -0.39 is 0 Å². The van der Waals surface area contributed by atoms with Crippen LogP contribution in [0.5, 0.6) is 5.75 Å². The number of ether oxygens (including phenoxy) is 1. The largest absolute Gasteiger partial charge is 0.488 e. The third-order valence-corrected chi connectivity index (χ3v) is 4.47. The monoisotopic (exact) mass is 353 g/mol. The van der Waals surface area contributed by atoms with E-state index >= 15 is 0 Å². The second-order valence-corrected chi connectivity index (χ2v) is 7.27. The van der Waals surface area contributed by atoms with Crippen molar-refractivity contribution >= 4 is 27.3 Å². The third kappa shape index (κ3) is 4.62. The number of hydrogen-bond acceptors (Lipinski definition) is 3. The van der Waals surface area contributed by atoms with Crippen LogP contribution >= 0.6 is 27.3 Å². The summed E-state index contributed by atoms with van der Waals surface area (Å²) in [5, 5.41) is 3.43. The predicted molar refractivity (Wildman–Crippen MR) is 89.5 cm³/mol. The fourth-order valence-corrected chi connectivity index (χ4v) is 3.00. The van der Waals surface area contributed by atoms with Crippen LogP contribution in [0.1, 0.15) is 29.2 Å². The van der Waals surface area contributed by atoms with Gasteiger partial charge in [0.25, 0.3) is 0 Å². The molecule has 1 N–H and O–H groups in total. The number of nitrogens with one attached hydrogen (secondary N) is 1. The van der Waals surface area contributed by atoms with Crippen molar-refractivity contribution in [3.63, 3.8) is 0 Å². The van der Waals surface area contributed by atoms with Crippen LogP contribution in [-0.2, 0) is 13.2 Å². The van der Waals surface area contributed by atoms with Gasteiger partial charge in [0.1, 0.15) is 12.4 Å². The summed E-state index contributed by atoms with van der Waals surface area (Å²) >= 11 is 5.28. The lowest BCUT2D eigenvalue weighted by Gasteiger charge is -2.08. The molecule has 0 saturated carbocycles. The van der Waals surface area contributed by atoms with Gasteiger partial charge >= 0.3 is 0 Å². The molecule has 0 aliphatic carbocycles. The van der Waals surface area contributed by atoms with Crippen LogP contribution in [0.3, 0.4) is 0 Å². The third-order valence-electron chi connectivity index (χ3n) is 2.92. The highest BCUT2D eigenvalue weighted by molar-refractivity contribution is 9.10. The van der Waals surface area contributed by atoms with E-state index in [0.717, 1.165) is 22.3 Å². The second kappa shape index (κ2) is 7.25. The Morgan fingerprint density at radius 1 is 1.20 bits per heavy atom. The Hall–Kier alpha value is -0.840. The molecule has 0 amide bonds. The summed E-state index contributed by atoms with van der Waals surface area (Å²) in [6.45, 7) is 7.94. The van der Waals surface area contributed by atoms with Crippen LogP contribution < -0.4 is 10.1 Å². The molecular weight excluding hydrogens is 334 g/mol. The lowest BCUT2D eigenvalue weighted by molar-refractivity contribution is 0.307. The van der Waals surface area contributed by atoms with Crippen LogP contribution in [0.4, 0.5) is 0 Å². The summed E-state index contributed by atoms with van der Waals surface area (Å²) in [5.41, 5.74) is 1.16. The average Bonchev–Trinajstić information content (AvgIpc) is 2.85. The molecule has 2 rings (SSSR count). The van der Waals surface area contributed by atoms with Crippen LogP contribution in [0.25, 0.3) is 0 Å². The van der Waals surface area contributed by atoms with Crippen molar-refractivity contribution in [2.24, 2.45) is 0 Å². The maximum Gasteiger partial charge on any atom is 0.123 e. The molecule has 2 aromatic rings. The van der Waals surface area contributed by atoms with Gasteiger partial charge in [-0.1, -0.05) is 35.8 Å². The Balaban J connectivity index is 1.92. The van der Waals surface area contributed by atoms with Gasteiger partial charge in [-0.2, -0.15) is 0 Å². The molecule has 2 nitrogen and oxygen atoms in total. The van der Waals surface area contributed by atoms with Gasteiger partial charge in [-0.3, -0.25) is 0 Å². The number of aryl methyl sites for hydroxylation is 1. The number of thiophene rings is 1. The maximum absolute atomic E-state index is 5.90. The van der Waals surface area contributed by atoms with E-state index in [2.05, 4.69) is 60.2 Å². The van der Waals surface area contributed by atoms with Gasteiger partial charge in [-0.15, -0.1) is 11.3 Å². The number of halogens is 1. The van der Waals surface area contributed by atoms with E-state index in [1.165, 1.54) is 9.75 Å². The smallest absolute Gasteiger partial charge is 0.123 e. The molecule has 0 radical (unpaired) electrons. The van der Waals surface area contributed by atoms with Gasteiger partial charge < -0.3 is 10.1 Å². The topological polar surface area (TPSA) is 21.3 Å². The molecule has 0 bridgehead atoms.